The normalized spacial score (nSPS) is 12.1. The Balaban J connectivity index is 3.37. The highest BCUT2D eigenvalue weighted by atomic mass is 19.4. The first-order valence-electron chi connectivity index (χ1n) is 10.5. The van der Waals surface area contributed by atoms with Crippen molar-refractivity contribution in [2.45, 2.75) is 91.2 Å². The smallest absolute Gasteiger partial charge is 0.304 e. The molecule has 0 aromatic heterocycles. The molecule has 0 heterocycles. The summed E-state index contributed by atoms with van der Waals surface area (Å²) in [7, 11) is 0. The number of amides is 1. The Hall–Kier alpha value is -1.85. The molecule has 0 N–H and O–H groups in total. The largest absolute Gasteiger partial charge is 0.471 e. The molecule has 0 unspecified atom stereocenters. The number of aldehydes is 1. The lowest BCUT2D eigenvalue weighted by molar-refractivity contribution is -0.170. The van der Waals surface area contributed by atoms with Crippen LogP contribution in [0.25, 0.3) is 0 Å². The number of halogens is 3. The second-order valence-corrected chi connectivity index (χ2v) is 8.47. The number of carbonyl (C=O) groups is 2. The fourth-order valence-electron chi connectivity index (χ4n) is 3.74. The Labute approximate surface area is 172 Å². The van der Waals surface area contributed by atoms with E-state index in [0.29, 0.717) is 29.5 Å². The zero-order valence-corrected chi connectivity index (χ0v) is 18.3. The van der Waals surface area contributed by atoms with E-state index in [9.17, 15) is 22.8 Å². The van der Waals surface area contributed by atoms with Crippen LogP contribution in [0.4, 0.5) is 18.9 Å². The van der Waals surface area contributed by atoms with Crippen molar-refractivity contribution < 1.29 is 22.8 Å². The molecule has 0 fully saturated rings. The van der Waals surface area contributed by atoms with Crippen LogP contribution in [-0.2, 0) is 16.6 Å². The first kappa shape index (κ1) is 25.2. The molecule has 1 aromatic rings. The summed E-state index contributed by atoms with van der Waals surface area (Å²) in [4.78, 5) is 24.6. The molecule has 1 aromatic carbocycles. The van der Waals surface area contributed by atoms with Gasteiger partial charge in [-0.25, -0.2) is 0 Å². The van der Waals surface area contributed by atoms with Gasteiger partial charge in [0.25, 0.3) is 0 Å². The molecule has 164 valence electrons. The maximum atomic E-state index is 13.4. The molecule has 0 radical (unpaired) electrons. The fourth-order valence-corrected chi connectivity index (χ4v) is 3.74. The van der Waals surface area contributed by atoms with E-state index in [1.807, 2.05) is 27.7 Å². The zero-order valence-electron chi connectivity index (χ0n) is 18.3. The van der Waals surface area contributed by atoms with Crippen molar-refractivity contribution in [3.05, 3.63) is 28.8 Å². The third-order valence-corrected chi connectivity index (χ3v) is 5.07. The van der Waals surface area contributed by atoms with Gasteiger partial charge >= 0.3 is 12.1 Å². The van der Waals surface area contributed by atoms with Gasteiger partial charge < -0.3 is 4.90 Å². The molecule has 0 saturated heterocycles. The average molecular weight is 414 g/mol. The summed E-state index contributed by atoms with van der Waals surface area (Å²) in [6.45, 7) is 9.65. The zero-order chi connectivity index (χ0) is 22.2. The molecular formula is C23H34F3NO2. The minimum Gasteiger partial charge on any atom is -0.304 e. The van der Waals surface area contributed by atoms with Crippen molar-refractivity contribution in [1.82, 2.24) is 0 Å². The summed E-state index contributed by atoms with van der Waals surface area (Å²) in [5.41, 5.74) is 1.53. The average Bonchev–Trinajstić information content (AvgIpc) is 2.64. The van der Waals surface area contributed by atoms with E-state index >= 15 is 0 Å². The molecule has 0 saturated carbocycles. The lowest BCUT2D eigenvalue weighted by Gasteiger charge is -2.33. The number of hydrogen-bond acceptors (Lipinski definition) is 2. The highest BCUT2D eigenvalue weighted by Gasteiger charge is 2.44. The maximum Gasteiger partial charge on any atom is 0.471 e. The molecule has 29 heavy (non-hydrogen) atoms. The number of hydrogen-bond donors (Lipinski definition) is 0. The van der Waals surface area contributed by atoms with Gasteiger partial charge in [-0.15, -0.1) is 0 Å². The second-order valence-electron chi connectivity index (χ2n) is 8.47. The van der Waals surface area contributed by atoms with Crippen LogP contribution in [0.5, 0.6) is 0 Å². The predicted octanol–water partition coefficient (Wildman–Crippen LogP) is 6.61. The van der Waals surface area contributed by atoms with E-state index in [4.69, 9.17) is 0 Å². The molecule has 0 aliphatic carbocycles. The van der Waals surface area contributed by atoms with Crippen LogP contribution in [-0.4, -0.2) is 24.9 Å². The third kappa shape index (κ3) is 6.86. The molecule has 0 aliphatic heterocycles. The van der Waals surface area contributed by atoms with Crippen LogP contribution in [0.3, 0.4) is 0 Å². The first-order valence-corrected chi connectivity index (χ1v) is 10.5. The molecule has 1 amide bonds. The quantitative estimate of drug-likeness (QED) is 0.319. The van der Waals surface area contributed by atoms with Crippen molar-refractivity contribution in [1.29, 1.82) is 0 Å². The Morgan fingerprint density at radius 2 is 1.59 bits per heavy atom. The van der Waals surface area contributed by atoms with Crippen LogP contribution >= 0.6 is 0 Å². The Morgan fingerprint density at radius 3 is 2.07 bits per heavy atom. The standard InChI is InChI=1S/C23H34F3NO2/c1-6-8-9-10-11-12-15-27(21(29)23(24,25)26)19-14-13-17(16-28)18(7-2)20(19)22(3,4)5/h13-14,16H,6-12,15H2,1-5H3. The maximum absolute atomic E-state index is 13.4. The summed E-state index contributed by atoms with van der Waals surface area (Å²) in [5, 5.41) is 0. The van der Waals surface area contributed by atoms with E-state index < -0.39 is 17.5 Å². The highest BCUT2D eigenvalue weighted by Crippen LogP contribution is 2.38. The van der Waals surface area contributed by atoms with Gasteiger partial charge in [-0.1, -0.05) is 66.7 Å². The molecule has 6 heteroatoms. The Morgan fingerprint density at radius 1 is 1.00 bits per heavy atom. The topological polar surface area (TPSA) is 37.4 Å². The number of rotatable bonds is 10. The summed E-state index contributed by atoms with van der Waals surface area (Å²) in [6.07, 6.45) is 1.74. The Kier molecular flexibility index (Phi) is 9.37. The van der Waals surface area contributed by atoms with Crippen LogP contribution in [0.2, 0.25) is 0 Å². The van der Waals surface area contributed by atoms with Crippen LogP contribution in [0, 0.1) is 0 Å². The molecular weight excluding hydrogens is 379 g/mol. The lowest BCUT2D eigenvalue weighted by Crippen LogP contribution is -2.43. The first-order chi connectivity index (χ1) is 13.5. The molecule has 0 aliphatic rings. The molecule has 0 bridgehead atoms. The fraction of sp³-hybridized carbons (Fsp3) is 0.652. The summed E-state index contributed by atoms with van der Waals surface area (Å²) >= 11 is 0. The van der Waals surface area contributed by atoms with E-state index in [2.05, 4.69) is 6.92 Å². The Bertz CT molecular complexity index is 691. The molecule has 3 nitrogen and oxygen atoms in total. The minimum absolute atomic E-state index is 0.0111. The van der Waals surface area contributed by atoms with Gasteiger partial charge in [-0.3, -0.25) is 9.59 Å². The number of benzene rings is 1. The third-order valence-electron chi connectivity index (χ3n) is 5.07. The minimum atomic E-state index is -4.95. The monoisotopic (exact) mass is 413 g/mol. The predicted molar refractivity (Wildman–Crippen MR) is 112 cm³/mol. The summed E-state index contributed by atoms with van der Waals surface area (Å²) in [5.74, 6) is -1.85. The number of anilines is 1. The van der Waals surface area contributed by atoms with Crippen molar-refractivity contribution in [2.75, 3.05) is 11.4 Å². The molecule has 0 atom stereocenters. The van der Waals surface area contributed by atoms with E-state index in [-0.39, 0.29) is 12.2 Å². The number of nitrogens with zero attached hydrogens (tertiary/aromatic N) is 1. The van der Waals surface area contributed by atoms with Crippen LogP contribution in [0.15, 0.2) is 12.1 Å². The van der Waals surface area contributed by atoms with E-state index in [1.165, 1.54) is 12.1 Å². The summed E-state index contributed by atoms with van der Waals surface area (Å²) < 4.78 is 40.1. The van der Waals surface area contributed by atoms with Crippen molar-refractivity contribution in [3.8, 4) is 0 Å². The molecule has 0 spiro atoms. The van der Waals surface area contributed by atoms with E-state index in [0.717, 1.165) is 43.3 Å². The van der Waals surface area contributed by atoms with Gasteiger partial charge in [0.2, 0.25) is 0 Å². The van der Waals surface area contributed by atoms with Gasteiger partial charge in [-0.2, -0.15) is 13.2 Å². The lowest BCUT2D eigenvalue weighted by atomic mass is 9.79. The highest BCUT2D eigenvalue weighted by molar-refractivity contribution is 5.99. The molecule has 1 rings (SSSR count). The second kappa shape index (κ2) is 10.8. The van der Waals surface area contributed by atoms with Crippen molar-refractivity contribution in [2.24, 2.45) is 0 Å². The van der Waals surface area contributed by atoms with Crippen molar-refractivity contribution in [3.63, 3.8) is 0 Å². The van der Waals surface area contributed by atoms with Crippen LogP contribution in [0.1, 0.15) is 94.6 Å². The van der Waals surface area contributed by atoms with Gasteiger partial charge in [0.15, 0.2) is 0 Å². The van der Waals surface area contributed by atoms with Gasteiger partial charge in [-0.05, 0) is 41.5 Å². The number of carbonyl (C=O) groups excluding carboxylic acids is 2. The van der Waals surface area contributed by atoms with Crippen LogP contribution < -0.4 is 4.90 Å². The van der Waals surface area contributed by atoms with Gasteiger partial charge in [0.1, 0.15) is 6.29 Å². The van der Waals surface area contributed by atoms with E-state index in [1.54, 1.807) is 0 Å². The number of unbranched alkanes of at least 4 members (excludes halogenated alkanes) is 5. The van der Waals surface area contributed by atoms with Gasteiger partial charge in [0.05, 0.1) is 0 Å². The number of alkyl halides is 3. The SMILES string of the molecule is CCCCCCCCN(C(=O)C(F)(F)F)c1ccc(C=O)c(CC)c1C(C)(C)C. The summed E-state index contributed by atoms with van der Waals surface area (Å²) in [6, 6.07) is 3.01. The van der Waals surface area contributed by atoms with Gasteiger partial charge in [0, 0.05) is 17.8 Å². The van der Waals surface area contributed by atoms with Crippen molar-refractivity contribution >= 4 is 17.9 Å².